The molecule has 0 aliphatic carbocycles. The van der Waals surface area contributed by atoms with E-state index < -0.39 is 0 Å². The molecule has 0 spiro atoms. The fourth-order valence-electron chi connectivity index (χ4n) is 1.95. The monoisotopic (exact) mass is 347 g/mol. The highest BCUT2D eigenvalue weighted by molar-refractivity contribution is 9.10. The topological polar surface area (TPSA) is 68.8 Å². The van der Waals surface area contributed by atoms with Gasteiger partial charge in [-0.1, -0.05) is 33.2 Å². The van der Waals surface area contributed by atoms with Gasteiger partial charge in [-0.2, -0.15) is 0 Å². The highest BCUT2D eigenvalue weighted by atomic mass is 79.9. The minimum atomic E-state index is 0.539. The molecule has 0 aliphatic rings. The molecule has 108 valence electrons. The van der Waals surface area contributed by atoms with Crippen molar-refractivity contribution in [1.82, 2.24) is 20.2 Å². The summed E-state index contributed by atoms with van der Waals surface area (Å²) < 4.78 is 8.57. The van der Waals surface area contributed by atoms with Gasteiger partial charge in [0.15, 0.2) is 0 Å². The summed E-state index contributed by atoms with van der Waals surface area (Å²) >= 11 is 3.42. The van der Waals surface area contributed by atoms with Gasteiger partial charge in [0, 0.05) is 16.6 Å². The number of halogens is 1. The van der Waals surface area contributed by atoms with Crippen LogP contribution < -0.4 is 5.32 Å². The number of nitrogens with one attached hydrogen (secondary N) is 1. The van der Waals surface area contributed by atoms with Gasteiger partial charge in [-0.3, -0.25) is 0 Å². The third-order valence-corrected chi connectivity index (χ3v) is 3.57. The van der Waals surface area contributed by atoms with E-state index in [1.807, 2.05) is 43.3 Å². The van der Waals surface area contributed by atoms with Crippen molar-refractivity contribution < 1.29 is 4.42 Å². The average Bonchev–Trinajstić information content (AvgIpc) is 3.14. The minimum Gasteiger partial charge on any atom is -0.459 e. The second kappa shape index (κ2) is 6.09. The van der Waals surface area contributed by atoms with Gasteiger partial charge in [0.2, 0.25) is 5.95 Å². The van der Waals surface area contributed by atoms with Crippen molar-refractivity contribution in [2.75, 3.05) is 5.32 Å². The van der Waals surface area contributed by atoms with E-state index in [0.717, 1.165) is 28.1 Å². The lowest BCUT2D eigenvalue weighted by molar-refractivity contribution is 0.529. The highest BCUT2D eigenvalue weighted by Gasteiger charge is 2.07. The zero-order valence-corrected chi connectivity index (χ0v) is 13.0. The Morgan fingerprint density at radius 1 is 1.19 bits per heavy atom. The zero-order chi connectivity index (χ0) is 14.7. The number of hydrogen-bond donors (Lipinski definition) is 1. The Hall–Kier alpha value is -2.15. The number of hydrogen-bond acceptors (Lipinski definition) is 5. The van der Waals surface area contributed by atoms with Crippen molar-refractivity contribution in [1.29, 1.82) is 0 Å². The van der Waals surface area contributed by atoms with Crippen LogP contribution in [0.25, 0.3) is 11.3 Å². The predicted molar refractivity (Wildman–Crippen MR) is 82.7 cm³/mol. The molecule has 0 amide bonds. The molecule has 0 saturated heterocycles. The van der Waals surface area contributed by atoms with E-state index in [2.05, 4.69) is 36.8 Å². The maximum absolute atomic E-state index is 5.83. The van der Waals surface area contributed by atoms with E-state index in [1.165, 1.54) is 0 Å². The molecule has 7 heteroatoms. The van der Waals surface area contributed by atoms with E-state index in [1.54, 1.807) is 4.68 Å². The first kappa shape index (κ1) is 13.8. The van der Waals surface area contributed by atoms with Crippen molar-refractivity contribution >= 4 is 21.9 Å². The van der Waals surface area contributed by atoms with Crippen LogP contribution in [0.3, 0.4) is 0 Å². The number of nitrogens with zero attached hydrogens (tertiary/aromatic N) is 4. The number of benzene rings is 1. The summed E-state index contributed by atoms with van der Waals surface area (Å²) in [4.78, 5) is 0. The van der Waals surface area contributed by atoms with E-state index in [9.17, 15) is 0 Å². The maximum atomic E-state index is 5.83. The van der Waals surface area contributed by atoms with Crippen molar-refractivity contribution in [3.63, 3.8) is 0 Å². The molecule has 1 aromatic carbocycles. The molecule has 2 aromatic heterocycles. The number of aromatic nitrogens is 4. The molecule has 0 radical (unpaired) electrons. The van der Waals surface area contributed by atoms with Crippen LogP contribution in [0.2, 0.25) is 0 Å². The zero-order valence-electron chi connectivity index (χ0n) is 11.5. The van der Waals surface area contributed by atoms with Gasteiger partial charge in [0.25, 0.3) is 0 Å². The summed E-state index contributed by atoms with van der Waals surface area (Å²) in [6, 6.07) is 11.9. The van der Waals surface area contributed by atoms with Gasteiger partial charge in [-0.05, 0) is 41.6 Å². The Bertz CT molecular complexity index is 719. The molecule has 0 bridgehead atoms. The van der Waals surface area contributed by atoms with Crippen LogP contribution in [-0.4, -0.2) is 20.2 Å². The average molecular weight is 348 g/mol. The first-order valence-corrected chi connectivity index (χ1v) is 7.40. The van der Waals surface area contributed by atoms with Gasteiger partial charge in [-0.25, -0.2) is 4.68 Å². The lowest BCUT2D eigenvalue weighted by atomic mass is 10.2. The van der Waals surface area contributed by atoms with Crippen LogP contribution in [0.15, 0.2) is 45.3 Å². The molecule has 0 saturated carbocycles. The van der Waals surface area contributed by atoms with Gasteiger partial charge in [0.1, 0.15) is 11.5 Å². The van der Waals surface area contributed by atoms with Crippen molar-refractivity contribution in [3.8, 4) is 11.3 Å². The quantitative estimate of drug-likeness (QED) is 0.766. The van der Waals surface area contributed by atoms with Crippen LogP contribution in [0.4, 0.5) is 5.95 Å². The standard InChI is InChI=1S/C14H14BrN5O/c1-2-20-14(17-18-19-20)16-9-12-7-8-13(21-12)10-3-5-11(15)6-4-10/h3-8H,2,9H2,1H3,(H,16,17,19). The lowest BCUT2D eigenvalue weighted by Crippen LogP contribution is -2.07. The SMILES string of the molecule is CCn1nnnc1NCc1ccc(-c2ccc(Br)cc2)o1. The van der Waals surface area contributed by atoms with Gasteiger partial charge < -0.3 is 9.73 Å². The van der Waals surface area contributed by atoms with E-state index in [-0.39, 0.29) is 0 Å². The summed E-state index contributed by atoms with van der Waals surface area (Å²) in [6.45, 7) is 3.24. The van der Waals surface area contributed by atoms with Crippen LogP contribution in [0.5, 0.6) is 0 Å². The van der Waals surface area contributed by atoms with Gasteiger partial charge >= 0.3 is 0 Å². The molecule has 6 nitrogen and oxygen atoms in total. The highest BCUT2D eigenvalue weighted by Crippen LogP contribution is 2.24. The second-order valence-corrected chi connectivity index (χ2v) is 5.36. The molecule has 21 heavy (non-hydrogen) atoms. The molecule has 3 rings (SSSR count). The molecular formula is C14H14BrN5O. The molecular weight excluding hydrogens is 334 g/mol. The largest absolute Gasteiger partial charge is 0.459 e. The Morgan fingerprint density at radius 2 is 2.00 bits per heavy atom. The summed E-state index contributed by atoms with van der Waals surface area (Å²) in [5.74, 6) is 2.31. The number of tetrazole rings is 1. The number of furan rings is 1. The van der Waals surface area contributed by atoms with E-state index in [0.29, 0.717) is 12.5 Å². The summed E-state index contributed by atoms with van der Waals surface area (Å²) in [5.41, 5.74) is 1.04. The number of aryl methyl sites for hydroxylation is 1. The van der Waals surface area contributed by atoms with Crippen LogP contribution >= 0.6 is 15.9 Å². The minimum absolute atomic E-state index is 0.539. The molecule has 0 atom stereocenters. The predicted octanol–water partition coefficient (Wildman–Crippen LogP) is 3.33. The molecule has 0 aliphatic heterocycles. The second-order valence-electron chi connectivity index (χ2n) is 4.44. The first-order valence-electron chi connectivity index (χ1n) is 6.61. The Morgan fingerprint density at radius 3 is 2.76 bits per heavy atom. The first-order chi connectivity index (χ1) is 10.3. The normalized spacial score (nSPS) is 10.8. The number of rotatable bonds is 5. The summed E-state index contributed by atoms with van der Waals surface area (Å²) in [5, 5.41) is 14.6. The van der Waals surface area contributed by atoms with Crippen molar-refractivity contribution in [2.24, 2.45) is 0 Å². The summed E-state index contributed by atoms with van der Waals surface area (Å²) in [7, 11) is 0. The third kappa shape index (κ3) is 3.13. The van der Waals surface area contributed by atoms with Crippen molar-refractivity contribution in [3.05, 3.63) is 46.6 Å². The van der Waals surface area contributed by atoms with Crippen LogP contribution in [0.1, 0.15) is 12.7 Å². The Kier molecular flexibility index (Phi) is 4.01. The molecule has 1 N–H and O–H groups in total. The Balaban J connectivity index is 1.69. The fourth-order valence-corrected chi connectivity index (χ4v) is 2.22. The molecule has 2 heterocycles. The Labute approximate surface area is 130 Å². The van der Waals surface area contributed by atoms with E-state index in [4.69, 9.17) is 4.42 Å². The van der Waals surface area contributed by atoms with Gasteiger partial charge in [0.05, 0.1) is 6.54 Å². The molecule has 0 fully saturated rings. The van der Waals surface area contributed by atoms with Gasteiger partial charge in [-0.15, -0.1) is 0 Å². The smallest absolute Gasteiger partial charge is 0.243 e. The third-order valence-electron chi connectivity index (χ3n) is 3.04. The molecule has 3 aromatic rings. The fraction of sp³-hybridized carbons (Fsp3) is 0.214. The van der Waals surface area contributed by atoms with Crippen molar-refractivity contribution in [2.45, 2.75) is 20.0 Å². The maximum Gasteiger partial charge on any atom is 0.243 e. The van der Waals surface area contributed by atoms with E-state index >= 15 is 0 Å². The lowest BCUT2D eigenvalue weighted by Gasteiger charge is -2.03. The van der Waals surface area contributed by atoms with Crippen LogP contribution in [0, 0.1) is 0 Å². The van der Waals surface area contributed by atoms with Crippen LogP contribution in [-0.2, 0) is 13.1 Å². The molecule has 0 unspecified atom stereocenters. The number of anilines is 1. The summed E-state index contributed by atoms with van der Waals surface area (Å²) in [6.07, 6.45) is 0.